The average molecular weight is 384 g/mol. The highest BCUT2D eigenvalue weighted by Crippen LogP contribution is 2.19. The number of carbonyl (C=O) groups excluding carboxylic acids is 2. The van der Waals surface area contributed by atoms with Crippen LogP contribution in [0, 0.1) is 0 Å². The van der Waals surface area contributed by atoms with Crippen LogP contribution in [0.1, 0.15) is 5.56 Å². The number of halogens is 1. The molecule has 0 bridgehead atoms. The van der Waals surface area contributed by atoms with Crippen molar-refractivity contribution in [3.05, 3.63) is 71.3 Å². The van der Waals surface area contributed by atoms with Crippen LogP contribution in [0.2, 0.25) is 5.02 Å². The molecule has 0 saturated carbocycles. The first-order valence-electron chi connectivity index (χ1n) is 7.90. The van der Waals surface area contributed by atoms with Gasteiger partial charge in [-0.1, -0.05) is 53.1 Å². The third-order valence-corrected chi connectivity index (χ3v) is 3.69. The molecule has 0 aliphatic carbocycles. The molecule has 0 aliphatic heterocycles. The summed E-state index contributed by atoms with van der Waals surface area (Å²) in [5.74, 6) is -1.01. The van der Waals surface area contributed by atoms with E-state index in [1.165, 1.54) is 12.2 Å². The molecule has 3 rings (SSSR count). The Morgan fingerprint density at radius 3 is 2.59 bits per heavy atom. The summed E-state index contributed by atoms with van der Waals surface area (Å²) in [7, 11) is 0. The van der Waals surface area contributed by atoms with Crippen molar-refractivity contribution in [2.45, 2.75) is 0 Å². The van der Waals surface area contributed by atoms with Crippen molar-refractivity contribution in [3.63, 3.8) is 0 Å². The Balaban J connectivity index is 1.49. The Morgan fingerprint density at radius 1 is 1.07 bits per heavy atom. The van der Waals surface area contributed by atoms with Gasteiger partial charge in [0.15, 0.2) is 6.61 Å². The van der Waals surface area contributed by atoms with Crippen molar-refractivity contribution in [1.29, 1.82) is 0 Å². The summed E-state index contributed by atoms with van der Waals surface area (Å²) in [6.45, 7) is -0.491. The SMILES string of the molecule is O=C(COC(=O)/C=C/c1ccccc1Cl)Nc1nnc(-c2ccccc2)o1. The first-order valence-corrected chi connectivity index (χ1v) is 8.28. The summed E-state index contributed by atoms with van der Waals surface area (Å²) in [5, 5.41) is 10.4. The lowest BCUT2D eigenvalue weighted by molar-refractivity contribution is -0.142. The second-order valence-electron chi connectivity index (χ2n) is 5.29. The highest BCUT2D eigenvalue weighted by molar-refractivity contribution is 6.32. The van der Waals surface area contributed by atoms with Crippen LogP contribution in [0.15, 0.2) is 65.1 Å². The van der Waals surface area contributed by atoms with E-state index in [4.69, 9.17) is 20.8 Å². The molecule has 3 aromatic rings. The zero-order valence-corrected chi connectivity index (χ0v) is 14.7. The topological polar surface area (TPSA) is 94.3 Å². The standard InChI is InChI=1S/C19H14ClN3O4/c20-15-9-5-4-6-13(15)10-11-17(25)26-12-16(24)21-19-23-22-18(27-19)14-7-2-1-3-8-14/h1-11H,12H2,(H,21,23,24)/b11-10+. The van der Waals surface area contributed by atoms with Gasteiger partial charge >= 0.3 is 12.0 Å². The molecular weight excluding hydrogens is 370 g/mol. The van der Waals surface area contributed by atoms with E-state index < -0.39 is 18.5 Å². The average Bonchev–Trinajstić information content (AvgIpc) is 3.15. The van der Waals surface area contributed by atoms with Gasteiger partial charge in [-0.05, 0) is 29.8 Å². The fourth-order valence-electron chi connectivity index (χ4n) is 2.08. The van der Waals surface area contributed by atoms with Gasteiger partial charge in [-0.15, -0.1) is 5.10 Å². The van der Waals surface area contributed by atoms with Gasteiger partial charge in [0.05, 0.1) is 0 Å². The molecule has 2 aromatic carbocycles. The van der Waals surface area contributed by atoms with E-state index in [2.05, 4.69) is 15.5 Å². The number of esters is 1. The van der Waals surface area contributed by atoms with Crippen LogP contribution in [0.3, 0.4) is 0 Å². The van der Waals surface area contributed by atoms with E-state index in [0.29, 0.717) is 10.6 Å². The number of carbonyl (C=O) groups is 2. The van der Waals surface area contributed by atoms with Gasteiger partial charge in [-0.2, -0.15) is 0 Å². The minimum absolute atomic E-state index is 0.0819. The Bertz CT molecular complexity index is 970. The first kappa shape index (κ1) is 18.3. The van der Waals surface area contributed by atoms with Crippen LogP contribution in [-0.4, -0.2) is 28.7 Å². The number of nitrogens with zero attached hydrogens (tertiary/aromatic N) is 2. The lowest BCUT2D eigenvalue weighted by atomic mass is 10.2. The maximum absolute atomic E-state index is 11.8. The van der Waals surface area contributed by atoms with Gasteiger partial charge in [0.25, 0.3) is 5.91 Å². The molecule has 1 heterocycles. The molecule has 0 atom stereocenters. The number of benzene rings is 2. The summed E-state index contributed by atoms with van der Waals surface area (Å²) >= 11 is 5.98. The largest absolute Gasteiger partial charge is 0.452 e. The molecule has 0 fully saturated rings. The zero-order chi connectivity index (χ0) is 19.1. The third kappa shape index (κ3) is 5.26. The normalized spacial score (nSPS) is 10.7. The minimum Gasteiger partial charge on any atom is -0.452 e. The van der Waals surface area contributed by atoms with E-state index in [1.54, 1.807) is 36.4 Å². The number of nitrogens with one attached hydrogen (secondary N) is 1. The molecular formula is C19H14ClN3O4. The predicted octanol–water partition coefficient (Wildman–Crippen LogP) is 3.59. The van der Waals surface area contributed by atoms with E-state index in [9.17, 15) is 9.59 Å². The number of aromatic nitrogens is 2. The fraction of sp³-hybridized carbons (Fsp3) is 0.0526. The summed E-state index contributed by atoms with van der Waals surface area (Å²) in [6, 6.07) is 16.0. The van der Waals surface area contributed by atoms with Gasteiger partial charge in [0.2, 0.25) is 5.89 Å². The van der Waals surface area contributed by atoms with Crippen LogP contribution in [-0.2, 0) is 14.3 Å². The van der Waals surface area contributed by atoms with Crippen molar-refractivity contribution < 1.29 is 18.7 Å². The number of rotatable bonds is 6. The van der Waals surface area contributed by atoms with E-state index in [0.717, 1.165) is 5.56 Å². The van der Waals surface area contributed by atoms with Gasteiger partial charge in [-0.25, -0.2) is 4.79 Å². The highest BCUT2D eigenvalue weighted by atomic mass is 35.5. The Kier molecular flexibility index (Phi) is 5.96. The summed E-state index contributed by atoms with van der Waals surface area (Å²) < 4.78 is 10.2. The van der Waals surface area contributed by atoms with Crippen molar-refractivity contribution in [2.24, 2.45) is 0 Å². The zero-order valence-electron chi connectivity index (χ0n) is 14.0. The number of anilines is 1. The highest BCUT2D eigenvalue weighted by Gasteiger charge is 2.12. The van der Waals surface area contributed by atoms with Crippen LogP contribution in [0.5, 0.6) is 0 Å². The Hall–Kier alpha value is -3.45. The van der Waals surface area contributed by atoms with Crippen LogP contribution in [0.4, 0.5) is 6.01 Å². The molecule has 27 heavy (non-hydrogen) atoms. The molecule has 1 N–H and O–H groups in total. The van der Waals surface area contributed by atoms with E-state index >= 15 is 0 Å². The maximum atomic E-state index is 11.8. The fourth-order valence-corrected chi connectivity index (χ4v) is 2.28. The molecule has 0 unspecified atom stereocenters. The van der Waals surface area contributed by atoms with Crippen molar-refractivity contribution >= 4 is 35.6 Å². The predicted molar refractivity (Wildman–Crippen MR) is 99.8 cm³/mol. The van der Waals surface area contributed by atoms with Crippen molar-refractivity contribution in [2.75, 3.05) is 11.9 Å². The molecule has 0 saturated heterocycles. The number of ether oxygens (including phenoxy) is 1. The molecule has 1 amide bonds. The summed E-state index contributed by atoms with van der Waals surface area (Å²) in [5.41, 5.74) is 1.39. The summed E-state index contributed by atoms with van der Waals surface area (Å²) in [4.78, 5) is 23.5. The van der Waals surface area contributed by atoms with Crippen molar-refractivity contribution in [1.82, 2.24) is 10.2 Å². The lowest BCUT2D eigenvalue weighted by Crippen LogP contribution is -2.20. The van der Waals surface area contributed by atoms with Crippen LogP contribution >= 0.6 is 11.6 Å². The van der Waals surface area contributed by atoms with E-state index in [1.807, 2.05) is 18.2 Å². The molecule has 8 heteroatoms. The molecule has 7 nitrogen and oxygen atoms in total. The van der Waals surface area contributed by atoms with Gasteiger partial charge < -0.3 is 9.15 Å². The van der Waals surface area contributed by atoms with Crippen LogP contribution < -0.4 is 5.32 Å². The number of amides is 1. The quantitative estimate of drug-likeness (QED) is 0.516. The molecule has 1 aromatic heterocycles. The first-order chi connectivity index (χ1) is 13.1. The second-order valence-corrected chi connectivity index (χ2v) is 5.70. The number of hydrogen-bond donors (Lipinski definition) is 1. The smallest absolute Gasteiger partial charge is 0.331 e. The lowest BCUT2D eigenvalue weighted by Gasteiger charge is -2.01. The van der Waals surface area contributed by atoms with Gasteiger partial charge in [0, 0.05) is 16.7 Å². The monoisotopic (exact) mass is 383 g/mol. The minimum atomic E-state index is -0.680. The second kappa shape index (κ2) is 8.77. The summed E-state index contributed by atoms with van der Waals surface area (Å²) in [6.07, 6.45) is 2.70. The molecule has 136 valence electrons. The maximum Gasteiger partial charge on any atom is 0.331 e. The molecule has 0 aliphatic rings. The van der Waals surface area contributed by atoms with Crippen molar-refractivity contribution in [3.8, 4) is 11.5 Å². The molecule has 0 radical (unpaired) electrons. The van der Waals surface area contributed by atoms with Crippen LogP contribution in [0.25, 0.3) is 17.5 Å². The number of hydrogen-bond acceptors (Lipinski definition) is 6. The van der Waals surface area contributed by atoms with Gasteiger partial charge in [-0.3, -0.25) is 10.1 Å². The van der Waals surface area contributed by atoms with E-state index in [-0.39, 0.29) is 11.9 Å². The Morgan fingerprint density at radius 2 is 1.81 bits per heavy atom. The van der Waals surface area contributed by atoms with Gasteiger partial charge in [0.1, 0.15) is 0 Å². The third-order valence-electron chi connectivity index (χ3n) is 3.34. The Labute approximate surface area is 159 Å². The molecule has 0 spiro atoms.